The Bertz CT molecular complexity index is 714. The van der Waals surface area contributed by atoms with Crippen molar-refractivity contribution in [3.8, 4) is 0 Å². The first-order valence-corrected chi connectivity index (χ1v) is 9.31. The number of rotatable bonds is 7. The molecule has 0 aliphatic heterocycles. The van der Waals surface area contributed by atoms with E-state index >= 15 is 0 Å². The number of carbonyl (C=O) groups excluding carboxylic acids is 2. The maximum absolute atomic E-state index is 12.1. The van der Waals surface area contributed by atoms with E-state index in [1.807, 2.05) is 20.8 Å². The van der Waals surface area contributed by atoms with Gasteiger partial charge in [-0.25, -0.2) is 18.1 Å². The predicted molar refractivity (Wildman–Crippen MR) is 91.2 cm³/mol. The molecule has 25 heavy (non-hydrogen) atoms. The Labute approximate surface area is 148 Å². The van der Waals surface area contributed by atoms with Crippen molar-refractivity contribution in [1.82, 2.24) is 19.6 Å². The van der Waals surface area contributed by atoms with Crippen LogP contribution in [0.2, 0.25) is 0 Å². The minimum atomic E-state index is -3.80. The normalized spacial score (nSPS) is 13.4. The average molecular weight is 374 g/mol. The summed E-state index contributed by atoms with van der Waals surface area (Å²) in [5.41, 5.74) is -0.436. The van der Waals surface area contributed by atoms with Gasteiger partial charge in [-0.3, -0.25) is 9.59 Å². The van der Waals surface area contributed by atoms with Gasteiger partial charge in [0.2, 0.25) is 0 Å². The standard InChI is InChI=1S/C15H26N4O5S/c1-10(14(21)18-15(3,4)5)24-13(20)7-8-16-25(22,23)12-9-19(6)11(2)17-12/h9-10,16H,7-8H2,1-6H3,(H,18,21)/t10-/m0/s1. The number of aromatic nitrogens is 2. The number of esters is 1. The van der Waals surface area contributed by atoms with Gasteiger partial charge in [0.15, 0.2) is 11.1 Å². The van der Waals surface area contributed by atoms with E-state index in [2.05, 4.69) is 15.0 Å². The highest BCUT2D eigenvalue weighted by Crippen LogP contribution is 2.07. The highest BCUT2D eigenvalue weighted by atomic mass is 32.2. The number of sulfonamides is 1. The van der Waals surface area contributed by atoms with Crippen LogP contribution in [0.1, 0.15) is 39.9 Å². The zero-order valence-corrected chi connectivity index (χ0v) is 16.2. The van der Waals surface area contributed by atoms with Crippen LogP contribution in [-0.2, 0) is 31.4 Å². The smallest absolute Gasteiger partial charge is 0.307 e. The summed E-state index contributed by atoms with van der Waals surface area (Å²) in [5, 5.41) is 2.58. The second-order valence-corrected chi connectivity index (χ2v) is 8.47. The van der Waals surface area contributed by atoms with E-state index in [-0.39, 0.29) is 18.0 Å². The lowest BCUT2D eigenvalue weighted by molar-refractivity contribution is -0.155. The Hall–Kier alpha value is -1.94. The lowest BCUT2D eigenvalue weighted by Crippen LogP contribution is -2.46. The number of hydrogen-bond donors (Lipinski definition) is 2. The van der Waals surface area contributed by atoms with Crippen LogP contribution < -0.4 is 10.0 Å². The summed E-state index contributed by atoms with van der Waals surface area (Å²) in [6, 6.07) is 0. The van der Waals surface area contributed by atoms with E-state index in [4.69, 9.17) is 4.74 Å². The number of hydrogen-bond acceptors (Lipinski definition) is 6. The third-order valence-corrected chi connectivity index (χ3v) is 4.49. The molecule has 0 aliphatic carbocycles. The quantitative estimate of drug-likeness (QED) is 0.660. The summed E-state index contributed by atoms with van der Waals surface area (Å²) in [4.78, 5) is 27.5. The van der Waals surface area contributed by atoms with Gasteiger partial charge < -0.3 is 14.6 Å². The van der Waals surface area contributed by atoms with Crippen LogP contribution in [0.15, 0.2) is 11.2 Å². The molecular formula is C15H26N4O5S. The Morgan fingerprint density at radius 3 is 2.44 bits per heavy atom. The number of nitrogens with one attached hydrogen (secondary N) is 2. The van der Waals surface area contributed by atoms with Gasteiger partial charge in [0.05, 0.1) is 6.42 Å². The highest BCUT2D eigenvalue weighted by molar-refractivity contribution is 7.89. The SMILES string of the molecule is Cc1nc(S(=O)(=O)NCCC(=O)O[C@@H](C)C(=O)NC(C)(C)C)cn1C. The molecule has 9 nitrogen and oxygen atoms in total. The fourth-order valence-corrected chi connectivity index (χ4v) is 2.87. The summed E-state index contributed by atoms with van der Waals surface area (Å²) in [6.07, 6.45) is 0.231. The number of ether oxygens (including phenoxy) is 1. The zero-order chi connectivity index (χ0) is 19.4. The fraction of sp³-hybridized carbons (Fsp3) is 0.667. The van der Waals surface area contributed by atoms with Gasteiger partial charge in [-0.15, -0.1) is 0 Å². The van der Waals surface area contributed by atoms with Crippen molar-refractivity contribution >= 4 is 21.9 Å². The average Bonchev–Trinajstić information content (AvgIpc) is 2.77. The molecule has 2 N–H and O–H groups in total. The van der Waals surface area contributed by atoms with Gasteiger partial charge in [-0.05, 0) is 34.6 Å². The first-order valence-electron chi connectivity index (χ1n) is 7.83. The molecule has 1 atom stereocenters. The van der Waals surface area contributed by atoms with Crippen molar-refractivity contribution < 1.29 is 22.7 Å². The monoisotopic (exact) mass is 374 g/mol. The molecule has 0 saturated heterocycles. The minimum Gasteiger partial charge on any atom is -0.453 e. The summed E-state index contributed by atoms with van der Waals surface area (Å²) in [7, 11) is -2.11. The summed E-state index contributed by atoms with van der Waals surface area (Å²) in [6.45, 7) is 8.43. The molecule has 0 saturated carbocycles. The van der Waals surface area contributed by atoms with Crippen molar-refractivity contribution in [3.63, 3.8) is 0 Å². The molecule has 0 aromatic carbocycles. The number of carbonyl (C=O) groups is 2. The van der Waals surface area contributed by atoms with E-state index in [0.717, 1.165) is 0 Å². The Morgan fingerprint density at radius 1 is 1.36 bits per heavy atom. The van der Waals surface area contributed by atoms with Crippen LogP contribution in [0.3, 0.4) is 0 Å². The van der Waals surface area contributed by atoms with E-state index in [9.17, 15) is 18.0 Å². The van der Waals surface area contributed by atoms with Crippen molar-refractivity contribution in [2.45, 2.75) is 57.7 Å². The second-order valence-electron chi connectivity index (χ2n) is 6.76. The van der Waals surface area contributed by atoms with E-state index in [1.165, 1.54) is 13.1 Å². The Kier molecular flexibility index (Phi) is 6.72. The molecular weight excluding hydrogens is 348 g/mol. The van der Waals surface area contributed by atoms with Crippen molar-refractivity contribution in [2.24, 2.45) is 7.05 Å². The lowest BCUT2D eigenvalue weighted by atomic mass is 10.1. The Morgan fingerprint density at radius 2 is 1.96 bits per heavy atom. The molecule has 142 valence electrons. The maximum Gasteiger partial charge on any atom is 0.307 e. The third-order valence-electron chi connectivity index (χ3n) is 3.16. The number of aryl methyl sites for hydroxylation is 2. The van der Waals surface area contributed by atoms with E-state index < -0.39 is 33.5 Å². The first kappa shape index (κ1) is 21.1. The van der Waals surface area contributed by atoms with Crippen molar-refractivity contribution in [1.29, 1.82) is 0 Å². The number of imidazole rings is 1. The molecule has 10 heteroatoms. The second kappa shape index (κ2) is 7.96. The van der Waals surface area contributed by atoms with Crippen molar-refractivity contribution in [3.05, 3.63) is 12.0 Å². The van der Waals surface area contributed by atoms with Crippen LogP contribution >= 0.6 is 0 Å². The molecule has 1 rings (SSSR count). The maximum atomic E-state index is 12.1. The van der Waals surface area contributed by atoms with Gasteiger partial charge in [0.25, 0.3) is 15.9 Å². The van der Waals surface area contributed by atoms with E-state index in [0.29, 0.717) is 5.82 Å². The number of nitrogens with zero attached hydrogens (tertiary/aromatic N) is 2. The van der Waals surface area contributed by atoms with Crippen LogP contribution in [-0.4, -0.2) is 48.0 Å². The van der Waals surface area contributed by atoms with Gasteiger partial charge >= 0.3 is 5.97 Å². The predicted octanol–water partition coefficient (Wildman–Crippen LogP) is 0.243. The summed E-state index contributed by atoms with van der Waals surface area (Å²) >= 11 is 0. The first-order chi connectivity index (χ1) is 11.3. The fourth-order valence-electron chi connectivity index (χ4n) is 1.80. The molecule has 0 bridgehead atoms. The van der Waals surface area contributed by atoms with Crippen LogP contribution in [0.5, 0.6) is 0 Å². The van der Waals surface area contributed by atoms with Gasteiger partial charge in [-0.1, -0.05) is 0 Å². The van der Waals surface area contributed by atoms with Gasteiger partial charge in [0, 0.05) is 25.3 Å². The minimum absolute atomic E-state index is 0.112. The lowest BCUT2D eigenvalue weighted by Gasteiger charge is -2.23. The molecule has 0 spiro atoms. The topological polar surface area (TPSA) is 119 Å². The molecule has 0 aliphatic rings. The number of amides is 1. The summed E-state index contributed by atoms with van der Waals surface area (Å²) < 4.78 is 33.0. The van der Waals surface area contributed by atoms with Crippen molar-refractivity contribution in [2.75, 3.05) is 6.54 Å². The third kappa shape index (κ3) is 6.83. The highest BCUT2D eigenvalue weighted by Gasteiger charge is 2.23. The molecule has 1 heterocycles. The molecule has 0 fully saturated rings. The van der Waals surface area contributed by atoms with Crippen LogP contribution in [0.25, 0.3) is 0 Å². The largest absolute Gasteiger partial charge is 0.453 e. The zero-order valence-electron chi connectivity index (χ0n) is 15.4. The Balaban J connectivity index is 2.47. The van der Waals surface area contributed by atoms with Gasteiger partial charge in [-0.2, -0.15) is 0 Å². The van der Waals surface area contributed by atoms with Gasteiger partial charge in [0.1, 0.15) is 5.82 Å². The molecule has 0 radical (unpaired) electrons. The molecule has 0 unspecified atom stereocenters. The van der Waals surface area contributed by atoms with Crippen LogP contribution in [0, 0.1) is 6.92 Å². The molecule has 1 aromatic heterocycles. The summed E-state index contributed by atoms with van der Waals surface area (Å²) in [5.74, 6) is -0.527. The van der Waals surface area contributed by atoms with E-state index in [1.54, 1.807) is 18.5 Å². The molecule has 1 amide bonds. The molecule has 1 aromatic rings. The van der Waals surface area contributed by atoms with Crippen LogP contribution in [0.4, 0.5) is 0 Å².